The van der Waals surface area contributed by atoms with Gasteiger partial charge in [-0.2, -0.15) is 0 Å². The van der Waals surface area contributed by atoms with E-state index in [0.717, 1.165) is 102 Å². The molecule has 114 heavy (non-hydrogen) atoms. The summed E-state index contributed by atoms with van der Waals surface area (Å²) in [5, 5.41) is 5.30. The molecule has 6 nitrogen and oxygen atoms in total. The minimum Gasteiger partial charge on any atom is -0.305 e. The van der Waals surface area contributed by atoms with Crippen LogP contribution in [0, 0.1) is 60.4 Å². The van der Waals surface area contributed by atoms with E-state index in [9.17, 15) is 35.1 Å². The molecule has 0 aliphatic carbocycles. The maximum absolute atomic E-state index is 14.4. The molecule has 6 aliphatic rings. The molecule has 6 heterocycles. The highest BCUT2D eigenvalue weighted by Gasteiger charge is 2.42. The van der Waals surface area contributed by atoms with Crippen LogP contribution in [0.25, 0.3) is 22.3 Å². The Labute approximate surface area is 687 Å². The maximum Gasteiger partial charge on any atom is 0.160 e. The molecule has 20 heteroatoms. The SMILES string of the molecule is CC1=C(C)N(c2c(-c3ccccc3)cccc2-c2ccccc2)/C(=C2\Sc3ccccc3N2c2cc(C)cc(C)c2)S1.CC1=C(C)N(c2cc(F)cc(F)c2)/C(=C2\Sc3cc(F)c(F)cc3N2c2cc(F)cc(F)c2)S1.CC1=C(C)N(c2cc(F)cc(F)c2)/C(=C2\Sc3ccccc3N2c2cc(C(C)(C)C)cc(C(C)(C)C)c2)S1. The van der Waals surface area contributed by atoms with Gasteiger partial charge in [0.2, 0.25) is 0 Å². The number of hydrogen-bond donors (Lipinski definition) is 0. The number of aryl methyl sites for hydroxylation is 2. The summed E-state index contributed by atoms with van der Waals surface area (Å²) >= 11 is 9.44. The minimum atomic E-state index is -1.12. The number of anilines is 9. The molecule has 17 rings (SSSR count). The van der Waals surface area contributed by atoms with Crippen molar-refractivity contribution in [3.05, 3.63) is 361 Å². The van der Waals surface area contributed by atoms with Crippen LogP contribution in [-0.2, 0) is 10.8 Å². The first-order valence-electron chi connectivity index (χ1n) is 37.0. The van der Waals surface area contributed by atoms with Crippen LogP contribution in [0.5, 0.6) is 0 Å². The van der Waals surface area contributed by atoms with Gasteiger partial charge in [-0.05, 0) is 191 Å². The minimum absolute atomic E-state index is 0.0301. The highest BCUT2D eigenvalue weighted by atomic mass is 32.2. The molecule has 11 aromatic rings. The summed E-state index contributed by atoms with van der Waals surface area (Å²) in [6, 6.07) is 70.9. The van der Waals surface area contributed by atoms with E-state index in [-0.39, 0.29) is 27.9 Å². The van der Waals surface area contributed by atoms with Crippen LogP contribution in [0.15, 0.2) is 307 Å². The average molecular weight is 1640 g/mol. The Bertz CT molecular complexity index is 5750. The van der Waals surface area contributed by atoms with E-state index in [1.807, 2.05) is 42.3 Å². The number of fused-ring (bicyclic) bond motifs is 3. The van der Waals surface area contributed by atoms with E-state index in [2.05, 4.69) is 255 Å². The van der Waals surface area contributed by atoms with Gasteiger partial charge in [0, 0.05) is 93.3 Å². The van der Waals surface area contributed by atoms with Gasteiger partial charge in [-0.1, -0.05) is 227 Å². The summed E-state index contributed by atoms with van der Waals surface area (Å²) < 4.78 is 113. The summed E-state index contributed by atoms with van der Waals surface area (Å²) in [4.78, 5) is 18.3. The van der Waals surface area contributed by atoms with Crippen LogP contribution in [0.3, 0.4) is 0 Å². The number of benzene rings is 11. The molecule has 578 valence electrons. The molecule has 0 atom stereocenters. The number of halogens is 8. The van der Waals surface area contributed by atoms with Crippen molar-refractivity contribution in [2.24, 2.45) is 0 Å². The van der Waals surface area contributed by atoms with Crippen LogP contribution < -0.4 is 29.4 Å². The second-order valence-corrected chi connectivity index (χ2v) is 37.2. The fraction of sp³-hybridized carbons (Fsp3) is 0.170. The second kappa shape index (κ2) is 31.8. The number of para-hydroxylation sites is 3. The third-order valence-electron chi connectivity index (χ3n) is 20.2. The fourth-order valence-electron chi connectivity index (χ4n) is 14.4. The molecular formula is C94H80F8N6S6. The van der Waals surface area contributed by atoms with Crippen LogP contribution in [0.2, 0.25) is 0 Å². The lowest BCUT2D eigenvalue weighted by Gasteiger charge is -2.31. The van der Waals surface area contributed by atoms with E-state index in [0.29, 0.717) is 32.4 Å². The Balaban J connectivity index is 0.000000136. The van der Waals surface area contributed by atoms with Crippen molar-refractivity contribution in [1.82, 2.24) is 0 Å². The predicted octanol–water partition coefficient (Wildman–Crippen LogP) is 30.3. The second-order valence-electron chi connectivity index (χ2n) is 30.5. The smallest absolute Gasteiger partial charge is 0.160 e. The van der Waals surface area contributed by atoms with Gasteiger partial charge in [0.15, 0.2) is 11.6 Å². The summed E-state index contributed by atoms with van der Waals surface area (Å²) in [7, 11) is 0. The normalized spacial score (nSPS) is 17.4. The topological polar surface area (TPSA) is 19.4 Å². The third kappa shape index (κ3) is 15.7. The molecule has 0 N–H and O–H groups in total. The third-order valence-corrected chi connectivity index (χ3v) is 27.5. The molecule has 0 aromatic heterocycles. The largest absolute Gasteiger partial charge is 0.305 e. The molecular weight excluding hydrogens is 1560 g/mol. The van der Waals surface area contributed by atoms with Gasteiger partial charge in [-0.3, -0.25) is 0 Å². The van der Waals surface area contributed by atoms with E-state index in [1.54, 1.807) is 35.3 Å². The number of hydrogen-bond acceptors (Lipinski definition) is 12. The highest BCUT2D eigenvalue weighted by molar-refractivity contribution is 8.10. The molecule has 0 amide bonds. The first-order chi connectivity index (χ1) is 54.3. The van der Waals surface area contributed by atoms with Gasteiger partial charge in [0.1, 0.15) is 65.1 Å². The lowest BCUT2D eigenvalue weighted by Crippen LogP contribution is -2.22. The van der Waals surface area contributed by atoms with Crippen molar-refractivity contribution in [3.63, 3.8) is 0 Å². The van der Waals surface area contributed by atoms with Gasteiger partial charge in [0.05, 0.1) is 39.8 Å². The molecule has 0 saturated heterocycles. The van der Waals surface area contributed by atoms with Crippen molar-refractivity contribution in [1.29, 1.82) is 0 Å². The van der Waals surface area contributed by atoms with Crippen LogP contribution in [0.4, 0.5) is 86.3 Å². The monoisotopic (exact) mass is 1640 g/mol. The van der Waals surface area contributed by atoms with Gasteiger partial charge in [-0.25, -0.2) is 35.1 Å². The van der Waals surface area contributed by atoms with Crippen molar-refractivity contribution in [3.8, 4) is 22.3 Å². The van der Waals surface area contributed by atoms with Crippen LogP contribution in [-0.4, -0.2) is 0 Å². The molecule has 0 bridgehead atoms. The Morgan fingerprint density at radius 2 is 0.570 bits per heavy atom. The highest BCUT2D eigenvalue weighted by Crippen LogP contribution is 2.62. The van der Waals surface area contributed by atoms with Crippen LogP contribution in [0.1, 0.15) is 105 Å². The first kappa shape index (κ1) is 79.4. The molecule has 11 aromatic carbocycles. The Hall–Kier alpha value is -9.80. The zero-order chi connectivity index (χ0) is 80.7. The summed E-state index contributed by atoms with van der Waals surface area (Å²) in [5.74, 6) is -6.63. The van der Waals surface area contributed by atoms with Crippen molar-refractivity contribution in [2.45, 2.75) is 122 Å². The summed E-state index contributed by atoms with van der Waals surface area (Å²) in [6.07, 6.45) is 0. The first-order valence-corrected chi connectivity index (χ1v) is 41.9. The maximum atomic E-state index is 14.4. The van der Waals surface area contributed by atoms with E-state index in [1.165, 1.54) is 116 Å². The van der Waals surface area contributed by atoms with Crippen molar-refractivity contribution in [2.75, 3.05) is 29.4 Å². The summed E-state index contributed by atoms with van der Waals surface area (Å²) in [6.45, 7) is 30.0. The lowest BCUT2D eigenvalue weighted by atomic mass is 9.80. The number of thioether (sulfide) groups is 6. The van der Waals surface area contributed by atoms with Gasteiger partial charge in [0.25, 0.3) is 0 Å². The van der Waals surface area contributed by atoms with E-state index in [4.69, 9.17) is 0 Å². The Morgan fingerprint density at radius 1 is 0.254 bits per heavy atom. The van der Waals surface area contributed by atoms with Crippen LogP contribution >= 0.6 is 70.6 Å². The Morgan fingerprint density at radius 3 is 0.974 bits per heavy atom. The quantitative estimate of drug-likeness (QED) is 0.135. The zero-order valence-corrected chi connectivity index (χ0v) is 70.0. The van der Waals surface area contributed by atoms with Gasteiger partial charge >= 0.3 is 0 Å². The fourth-order valence-corrected chi connectivity index (χ4v) is 21.5. The van der Waals surface area contributed by atoms with Gasteiger partial charge in [-0.15, -0.1) is 0 Å². The Kier molecular flexibility index (Phi) is 22.1. The predicted molar refractivity (Wildman–Crippen MR) is 466 cm³/mol. The molecule has 0 saturated carbocycles. The van der Waals surface area contributed by atoms with Crippen molar-refractivity contribution >= 4 is 122 Å². The zero-order valence-electron chi connectivity index (χ0n) is 65.1. The van der Waals surface area contributed by atoms with Crippen molar-refractivity contribution < 1.29 is 35.1 Å². The molecule has 6 aliphatic heterocycles. The standard InChI is InChI=1S/C38H32N2S2.C32H34F2N2S2.C24H14F6N2S2/c1-25-22-26(2)24-31(23-25)40-34-20-11-12-21-35(34)42-38(40)37-39(27(3)28(4)41-37)36-32(29-14-7-5-8-15-29)18-13-19-33(36)30-16-9-6-10-17-30;1-19-20(2)37-29(35(19)26-17-23(33)16-24(34)18-26)30-36(27-11-9-10-12-28(27)38-30)25-14-21(31(3,4)5)13-22(15-25)32(6,7)8;1-11-12(2)33-23(31(11)17-5-13(25)3-14(26)6-17)24-32(18-7-15(27)4-16(28)8-18)21-9-19(29)20(30)10-22(21)34-24/h5-24H,1-4H3;9-18H,1-8H3;3-10H,1-2H3/b38-37+;30-29+;24-23+. The number of allylic oxidation sites excluding steroid dienone is 6. The molecule has 0 spiro atoms. The van der Waals surface area contributed by atoms with E-state index >= 15 is 0 Å². The molecule has 0 fully saturated rings. The number of rotatable bonds is 8. The summed E-state index contributed by atoms with van der Waals surface area (Å²) in [5.41, 5.74) is 19.6. The lowest BCUT2D eigenvalue weighted by molar-refractivity contribution is 0.506. The average Bonchev–Trinajstić information content (AvgIpc) is 1.60. The molecule has 0 unspecified atom stereocenters. The van der Waals surface area contributed by atoms with E-state index < -0.39 is 46.5 Å². The molecule has 0 radical (unpaired) electrons. The van der Waals surface area contributed by atoms with Gasteiger partial charge < -0.3 is 29.4 Å². The number of nitrogens with zero attached hydrogens (tertiary/aromatic N) is 6.